The SMILES string of the molecule is CCCCNc1cc(N)nc(CC23CC(C(=O)N4CCNCC4)(C2)C3)c1. The number of nitrogens with two attached hydrogens (primary N) is 1. The first-order valence-electron chi connectivity index (χ1n) is 10.0. The minimum Gasteiger partial charge on any atom is -0.385 e. The number of unbranched alkanes of at least 4 members (excludes halogenated alkanes) is 1. The average Bonchev–Trinajstić information content (AvgIpc) is 2.57. The van der Waals surface area contributed by atoms with E-state index >= 15 is 0 Å². The third kappa shape index (κ3) is 3.15. The molecule has 142 valence electrons. The summed E-state index contributed by atoms with van der Waals surface area (Å²) in [7, 11) is 0. The molecule has 3 saturated carbocycles. The third-order valence-electron chi connectivity index (χ3n) is 6.31. The van der Waals surface area contributed by atoms with Crippen LogP contribution in [0, 0.1) is 10.8 Å². The van der Waals surface area contributed by atoms with E-state index in [1.165, 1.54) is 6.42 Å². The van der Waals surface area contributed by atoms with E-state index in [0.29, 0.717) is 11.7 Å². The second-order valence-corrected chi connectivity index (χ2v) is 8.58. The van der Waals surface area contributed by atoms with Gasteiger partial charge in [0.25, 0.3) is 0 Å². The van der Waals surface area contributed by atoms with Gasteiger partial charge < -0.3 is 21.3 Å². The molecule has 0 atom stereocenters. The zero-order valence-electron chi connectivity index (χ0n) is 15.8. The molecule has 26 heavy (non-hydrogen) atoms. The summed E-state index contributed by atoms with van der Waals surface area (Å²) in [4.78, 5) is 19.5. The van der Waals surface area contributed by atoms with Crippen molar-refractivity contribution in [1.29, 1.82) is 0 Å². The molecule has 3 aliphatic carbocycles. The van der Waals surface area contributed by atoms with E-state index in [1.54, 1.807) is 0 Å². The largest absolute Gasteiger partial charge is 0.385 e. The van der Waals surface area contributed by atoms with Gasteiger partial charge in [-0.15, -0.1) is 0 Å². The van der Waals surface area contributed by atoms with Crippen LogP contribution in [-0.2, 0) is 11.2 Å². The number of pyridine rings is 1. The van der Waals surface area contributed by atoms with Crippen LogP contribution in [0.25, 0.3) is 0 Å². The minimum atomic E-state index is -0.0557. The number of carbonyl (C=O) groups excluding carboxylic acids is 1. The highest BCUT2D eigenvalue weighted by molar-refractivity contribution is 5.86. The lowest BCUT2D eigenvalue weighted by Gasteiger charge is -2.70. The van der Waals surface area contributed by atoms with Crippen molar-refractivity contribution in [1.82, 2.24) is 15.2 Å². The lowest BCUT2D eigenvalue weighted by atomic mass is 9.33. The predicted octanol–water partition coefficient (Wildman–Crippen LogP) is 2.02. The molecule has 5 rings (SSSR count). The molecule has 0 radical (unpaired) electrons. The lowest BCUT2D eigenvalue weighted by molar-refractivity contribution is -0.216. The number of amides is 1. The smallest absolute Gasteiger partial charge is 0.228 e. The van der Waals surface area contributed by atoms with Gasteiger partial charge in [-0.05, 0) is 43.6 Å². The normalized spacial score (nSPS) is 29.7. The maximum atomic E-state index is 12.8. The molecule has 2 bridgehead atoms. The van der Waals surface area contributed by atoms with E-state index in [-0.39, 0.29) is 10.8 Å². The van der Waals surface area contributed by atoms with E-state index in [9.17, 15) is 4.79 Å². The van der Waals surface area contributed by atoms with Crippen molar-refractivity contribution in [3.8, 4) is 0 Å². The molecule has 4 N–H and O–H groups in total. The number of hydrogen-bond acceptors (Lipinski definition) is 5. The Balaban J connectivity index is 1.35. The van der Waals surface area contributed by atoms with Crippen LogP contribution in [0.5, 0.6) is 0 Å². The lowest BCUT2D eigenvalue weighted by Crippen LogP contribution is -2.69. The van der Waals surface area contributed by atoms with Crippen LogP contribution in [0.3, 0.4) is 0 Å². The number of rotatable bonds is 7. The molecule has 1 aromatic rings. The zero-order valence-corrected chi connectivity index (χ0v) is 15.8. The maximum absolute atomic E-state index is 12.8. The van der Waals surface area contributed by atoms with Crippen molar-refractivity contribution >= 4 is 17.4 Å². The first kappa shape index (κ1) is 17.6. The Kier molecular flexibility index (Phi) is 4.55. The second kappa shape index (κ2) is 6.72. The standard InChI is InChI=1S/C20H31N5O/c1-2-3-4-23-15-9-16(24-17(21)10-15)11-19-12-20(13-19,14-19)18(26)25-7-5-22-6-8-25/h9-10,22H,2-8,11-14H2,1H3,(H3,21,23,24). The van der Waals surface area contributed by atoms with Gasteiger partial charge in [0.15, 0.2) is 0 Å². The average molecular weight is 358 g/mol. The van der Waals surface area contributed by atoms with Crippen molar-refractivity contribution in [2.45, 2.75) is 45.4 Å². The molecule has 4 fully saturated rings. The number of aromatic nitrogens is 1. The molecule has 0 aromatic carbocycles. The van der Waals surface area contributed by atoms with E-state index in [4.69, 9.17) is 5.73 Å². The third-order valence-corrected chi connectivity index (χ3v) is 6.31. The van der Waals surface area contributed by atoms with Crippen LogP contribution in [0.15, 0.2) is 12.1 Å². The number of carbonyl (C=O) groups is 1. The summed E-state index contributed by atoms with van der Waals surface area (Å²) in [6, 6.07) is 4.05. The topological polar surface area (TPSA) is 83.3 Å². The molecule has 1 saturated heterocycles. The van der Waals surface area contributed by atoms with Gasteiger partial charge in [-0.1, -0.05) is 13.3 Å². The van der Waals surface area contributed by atoms with Gasteiger partial charge >= 0.3 is 0 Å². The van der Waals surface area contributed by atoms with Crippen LogP contribution >= 0.6 is 0 Å². The van der Waals surface area contributed by atoms with Crippen molar-refractivity contribution in [2.24, 2.45) is 10.8 Å². The summed E-state index contributed by atoms with van der Waals surface area (Å²) in [5.41, 5.74) is 8.37. The van der Waals surface area contributed by atoms with Gasteiger partial charge in [-0.3, -0.25) is 4.79 Å². The Hall–Kier alpha value is -1.82. The van der Waals surface area contributed by atoms with Crippen molar-refractivity contribution in [3.63, 3.8) is 0 Å². The van der Waals surface area contributed by atoms with E-state index in [0.717, 1.165) is 76.2 Å². The Morgan fingerprint density at radius 3 is 2.73 bits per heavy atom. The van der Waals surface area contributed by atoms with E-state index < -0.39 is 0 Å². The van der Waals surface area contributed by atoms with Crippen LogP contribution in [-0.4, -0.2) is 48.5 Å². The Labute approximate surface area is 155 Å². The number of piperazine rings is 1. The van der Waals surface area contributed by atoms with E-state index in [2.05, 4.69) is 33.5 Å². The fourth-order valence-electron chi connectivity index (χ4n) is 5.21. The Bertz CT molecular complexity index is 663. The molecule has 6 nitrogen and oxygen atoms in total. The van der Waals surface area contributed by atoms with Gasteiger partial charge in [0.05, 0.1) is 5.41 Å². The number of hydrogen-bond donors (Lipinski definition) is 3. The summed E-state index contributed by atoms with van der Waals surface area (Å²) in [5, 5.41) is 6.76. The molecule has 6 heteroatoms. The first-order valence-corrected chi connectivity index (χ1v) is 10.0. The van der Waals surface area contributed by atoms with Crippen LogP contribution in [0.1, 0.15) is 44.7 Å². The highest BCUT2D eigenvalue weighted by Crippen LogP contribution is 2.74. The van der Waals surface area contributed by atoms with Crippen LogP contribution in [0.4, 0.5) is 11.5 Å². The molecule has 0 unspecified atom stereocenters. The molecule has 0 spiro atoms. The van der Waals surface area contributed by atoms with Crippen LogP contribution < -0.4 is 16.4 Å². The Morgan fingerprint density at radius 1 is 1.31 bits per heavy atom. The molecule has 4 aliphatic rings. The molecule has 2 heterocycles. The summed E-state index contributed by atoms with van der Waals surface area (Å²) in [6.07, 6.45) is 6.34. The minimum absolute atomic E-state index is 0.0557. The quantitative estimate of drug-likeness (QED) is 0.650. The summed E-state index contributed by atoms with van der Waals surface area (Å²) in [6.45, 7) is 6.72. The van der Waals surface area contributed by atoms with Gasteiger partial charge in [0.2, 0.25) is 5.91 Å². The fraction of sp³-hybridized carbons (Fsp3) is 0.700. The molecular formula is C20H31N5O. The van der Waals surface area contributed by atoms with Crippen molar-refractivity contribution < 1.29 is 4.79 Å². The van der Waals surface area contributed by atoms with Crippen LogP contribution in [0.2, 0.25) is 0 Å². The maximum Gasteiger partial charge on any atom is 0.228 e. The van der Waals surface area contributed by atoms with Crippen molar-refractivity contribution in [3.05, 3.63) is 17.8 Å². The summed E-state index contributed by atoms with van der Waals surface area (Å²) >= 11 is 0. The highest BCUT2D eigenvalue weighted by Gasteiger charge is 2.71. The number of anilines is 2. The fourth-order valence-corrected chi connectivity index (χ4v) is 5.21. The zero-order chi connectivity index (χ0) is 18.2. The second-order valence-electron chi connectivity index (χ2n) is 8.58. The molecule has 1 aliphatic heterocycles. The molecule has 1 amide bonds. The van der Waals surface area contributed by atoms with Gasteiger partial charge in [0, 0.05) is 50.2 Å². The number of nitrogens with zero attached hydrogens (tertiary/aromatic N) is 2. The molecular weight excluding hydrogens is 326 g/mol. The summed E-state index contributed by atoms with van der Waals surface area (Å²) in [5.74, 6) is 0.975. The predicted molar refractivity (Wildman–Crippen MR) is 104 cm³/mol. The Morgan fingerprint density at radius 2 is 2.04 bits per heavy atom. The first-order chi connectivity index (χ1) is 12.5. The summed E-state index contributed by atoms with van der Waals surface area (Å²) < 4.78 is 0. The monoisotopic (exact) mass is 357 g/mol. The van der Waals surface area contributed by atoms with Crippen molar-refractivity contribution in [2.75, 3.05) is 43.8 Å². The number of nitrogens with one attached hydrogen (secondary N) is 2. The number of nitrogen functional groups attached to an aromatic ring is 1. The molecule has 1 aromatic heterocycles. The van der Waals surface area contributed by atoms with Gasteiger partial charge in [0.1, 0.15) is 5.82 Å². The van der Waals surface area contributed by atoms with E-state index in [1.807, 2.05) is 6.07 Å². The highest BCUT2D eigenvalue weighted by atomic mass is 16.2. The van der Waals surface area contributed by atoms with Gasteiger partial charge in [-0.25, -0.2) is 4.98 Å². The van der Waals surface area contributed by atoms with Gasteiger partial charge in [-0.2, -0.15) is 0 Å².